The van der Waals surface area contributed by atoms with Crippen molar-refractivity contribution in [3.8, 4) is 5.75 Å². The van der Waals surface area contributed by atoms with Gasteiger partial charge in [-0.05, 0) is 12.5 Å². The zero-order valence-electron chi connectivity index (χ0n) is 7.80. The highest BCUT2D eigenvalue weighted by atomic mass is 16.6. The molecule has 0 amide bonds. The molecule has 0 radical (unpaired) electrons. The highest BCUT2D eigenvalue weighted by Crippen LogP contribution is 2.28. The molecule has 0 aliphatic rings. The van der Waals surface area contributed by atoms with Crippen LogP contribution in [-0.4, -0.2) is 10.0 Å². The molecule has 14 heavy (non-hydrogen) atoms. The Morgan fingerprint density at radius 2 is 2.29 bits per heavy atom. The maximum atomic E-state index is 10.4. The van der Waals surface area contributed by atoms with E-state index in [1.165, 1.54) is 12.1 Å². The second-order valence-corrected chi connectivity index (χ2v) is 3.01. The van der Waals surface area contributed by atoms with Crippen LogP contribution in [-0.2, 0) is 0 Å². The summed E-state index contributed by atoms with van der Waals surface area (Å²) in [4.78, 5) is 9.81. The van der Waals surface area contributed by atoms with Gasteiger partial charge >= 0.3 is 0 Å². The molecular formula is C9H12N2O3. The van der Waals surface area contributed by atoms with E-state index in [4.69, 9.17) is 5.73 Å². The summed E-state index contributed by atoms with van der Waals surface area (Å²) in [6.45, 7) is 1.88. The van der Waals surface area contributed by atoms with Crippen molar-refractivity contribution < 1.29 is 10.0 Å². The van der Waals surface area contributed by atoms with Crippen LogP contribution in [0.15, 0.2) is 18.2 Å². The lowest BCUT2D eigenvalue weighted by atomic mass is 10.0. The molecule has 1 atom stereocenters. The monoisotopic (exact) mass is 196 g/mol. The summed E-state index contributed by atoms with van der Waals surface area (Å²) in [5, 5.41) is 19.8. The van der Waals surface area contributed by atoms with Gasteiger partial charge in [0.15, 0.2) is 0 Å². The number of nitro groups is 1. The first-order valence-corrected chi connectivity index (χ1v) is 4.29. The van der Waals surface area contributed by atoms with Crippen LogP contribution in [0.4, 0.5) is 5.69 Å². The van der Waals surface area contributed by atoms with Crippen molar-refractivity contribution in [2.75, 3.05) is 0 Å². The van der Waals surface area contributed by atoms with Crippen molar-refractivity contribution in [2.45, 2.75) is 19.4 Å². The van der Waals surface area contributed by atoms with Gasteiger partial charge in [-0.2, -0.15) is 0 Å². The molecule has 0 aliphatic carbocycles. The first-order chi connectivity index (χ1) is 6.56. The van der Waals surface area contributed by atoms with Gasteiger partial charge in [0, 0.05) is 17.7 Å². The molecule has 0 saturated heterocycles. The fourth-order valence-corrected chi connectivity index (χ4v) is 1.18. The molecule has 1 aromatic rings. The molecule has 0 saturated carbocycles. The normalized spacial score (nSPS) is 12.4. The van der Waals surface area contributed by atoms with Crippen LogP contribution in [0.25, 0.3) is 0 Å². The lowest BCUT2D eigenvalue weighted by Crippen LogP contribution is -2.08. The first kappa shape index (κ1) is 10.5. The van der Waals surface area contributed by atoms with Crippen LogP contribution in [0.1, 0.15) is 24.9 Å². The molecular weight excluding hydrogens is 184 g/mol. The van der Waals surface area contributed by atoms with Crippen LogP contribution in [0.2, 0.25) is 0 Å². The van der Waals surface area contributed by atoms with Crippen LogP contribution in [0.5, 0.6) is 5.75 Å². The van der Waals surface area contributed by atoms with Crippen molar-refractivity contribution in [2.24, 2.45) is 5.73 Å². The number of aromatic hydroxyl groups is 1. The summed E-state index contributed by atoms with van der Waals surface area (Å²) in [5.74, 6) is -0.117. The van der Waals surface area contributed by atoms with E-state index < -0.39 is 4.92 Å². The SMILES string of the molecule is CC[C@H](N)c1ccc([N+](=O)[O-])cc1O. The fourth-order valence-electron chi connectivity index (χ4n) is 1.18. The number of nitro benzene ring substituents is 1. The highest BCUT2D eigenvalue weighted by Gasteiger charge is 2.13. The van der Waals surface area contributed by atoms with Crippen LogP contribution in [0, 0.1) is 10.1 Å². The number of nitrogens with zero attached hydrogens (tertiary/aromatic N) is 1. The molecule has 0 aromatic heterocycles. The summed E-state index contributed by atoms with van der Waals surface area (Å²) < 4.78 is 0. The minimum absolute atomic E-state index is 0.117. The van der Waals surface area contributed by atoms with E-state index in [1.807, 2.05) is 6.92 Å². The molecule has 0 spiro atoms. The summed E-state index contributed by atoms with van der Waals surface area (Å²) in [6.07, 6.45) is 0.672. The zero-order chi connectivity index (χ0) is 10.7. The van der Waals surface area contributed by atoms with E-state index in [0.29, 0.717) is 12.0 Å². The number of non-ortho nitro benzene ring substituents is 1. The largest absolute Gasteiger partial charge is 0.507 e. The molecule has 0 bridgehead atoms. The molecule has 76 valence electrons. The second kappa shape index (κ2) is 4.06. The zero-order valence-corrected chi connectivity index (χ0v) is 7.80. The lowest BCUT2D eigenvalue weighted by molar-refractivity contribution is -0.384. The smallest absolute Gasteiger partial charge is 0.273 e. The average molecular weight is 196 g/mol. The maximum Gasteiger partial charge on any atom is 0.273 e. The van der Waals surface area contributed by atoms with Gasteiger partial charge in [0.1, 0.15) is 5.75 Å². The van der Waals surface area contributed by atoms with Gasteiger partial charge < -0.3 is 10.8 Å². The first-order valence-electron chi connectivity index (χ1n) is 4.29. The van der Waals surface area contributed by atoms with Gasteiger partial charge in [-0.1, -0.05) is 6.92 Å². The predicted octanol–water partition coefficient (Wildman–Crippen LogP) is 1.71. The number of hydrogen-bond donors (Lipinski definition) is 2. The van der Waals surface area contributed by atoms with E-state index in [0.717, 1.165) is 6.07 Å². The molecule has 5 heteroatoms. The van der Waals surface area contributed by atoms with Gasteiger partial charge in [0.05, 0.1) is 11.0 Å². The van der Waals surface area contributed by atoms with Gasteiger partial charge in [-0.15, -0.1) is 0 Å². The Hall–Kier alpha value is -1.62. The average Bonchev–Trinajstić information content (AvgIpc) is 2.16. The minimum Gasteiger partial charge on any atom is -0.507 e. The molecule has 5 nitrogen and oxygen atoms in total. The Morgan fingerprint density at radius 1 is 1.64 bits per heavy atom. The van der Waals surface area contributed by atoms with Gasteiger partial charge in [-0.3, -0.25) is 10.1 Å². The Bertz CT molecular complexity index is 352. The van der Waals surface area contributed by atoms with E-state index in [9.17, 15) is 15.2 Å². The fraction of sp³-hybridized carbons (Fsp3) is 0.333. The summed E-state index contributed by atoms with van der Waals surface area (Å²) in [7, 11) is 0. The Labute approximate surface area is 81.3 Å². The third-order valence-electron chi connectivity index (χ3n) is 2.06. The third-order valence-corrected chi connectivity index (χ3v) is 2.06. The number of phenols is 1. The van der Waals surface area contributed by atoms with Crippen LogP contribution >= 0.6 is 0 Å². The van der Waals surface area contributed by atoms with Crippen molar-refractivity contribution in [3.05, 3.63) is 33.9 Å². The van der Waals surface area contributed by atoms with Crippen molar-refractivity contribution in [1.82, 2.24) is 0 Å². The highest BCUT2D eigenvalue weighted by molar-refractivity contribution is 5.44. The standard InChI is InChI=1S/C9H12N2O3/c1-2-8(10)7-4-3-6(11(13)14)5-9(7)12/h3-5,8,12H,2,10H2,1H3/t8-/m0/s1. The van der Waals surface area contributed by atoms with Crippen molar-refractivity contribution in [3.63, 3.8) is 0 Å². The van der Waals surface area contributed by atoms with E-state index in [2.05, 4.69) is 0 Å². The number of rotatable bonds is 3. The quantitative estimate of drug-likeness (QED) is 0.568. The Kier molecular flexibility index (Phi) is 3.03. The minimum atomic E-state index is -0.555. The molecule has 0 aliphatic heterocycles. The molecule has 1 rings (SSSR count). The summed E-state index contributed by atoms with van der Waals surface area (Å²) in [5.41, 5.74) is 6.10. The Balaban J connectivity index is 3.07. The second-order valence-electron chi connectivity index (χ2n) is 3.01. The summed E-state index contributed by atoms with van der Waals surface area (Å²) >= 11 is 0. The van der Waals surface area contributed by atoms with E-state index in [1.54, 1.807) is 0 Å². The van der Waals surface area contributed by atoms with E-state index in [-0.39, 0.29) is 17.5 Å². The molecule has 3 N–H and O–H groups in total. The molecule has 0 fully saturated rings. The molecule has 0 heterocycles. The molecule has 1 aromatic carbocycles. The number of benzene rings is 1. The van der Waals surface area contributed by atoms with Crippen LogP contribution in [0.3, 0.4) is 0 Å². The lowest BCUT2D eigenvalue weighted by Gasteiger charge is -2.10. The predicted molar refractivity (Wildman–Crippen MR) is 52.0 cm³/mol. The van der Waals surface area contributed by atoms with Gasteiger partial charge in [-0.25, -0.2) is 0 Å². The third kappa shape index (κ3) is 2.00. The Morgan fingerprint density at radius 3 is 2.71 bits per heavy atom. The number of phenolic OH excluding ortho intramolecular Hbond substituents is 1. The summed E-state index contributed by atoms with van der Waals surface area (Å²) in [6, 6.07) is 3.66. The number of hydrogen-bond acceptors (Lipinski definition) is 4. The number of nitrogens with two attached hydrogens (primary N) is 1. The topological polar surface area (TPSA) is 89.4 Å². The van der Waals surface area contributed by atoms with Crippen molar-refractivity contribution in [1.29, 1.82) is 0 Å². The van der Waals surface area contributed by atoms with Crippen molar-refractivity contribution >= 4 is 5.69 Å². The van der Waals surface area contributed by atoms with Gasteiger partial charge in [0.25, 0.3) is 5.69 Å². The van der Waals surface area contributed by atoms with Crippen LogP contribution < -0.4 is 5.73 Å². The maximum absolute atomic E-state index is 10.4. The van der Waals surface area contributed by atoms with Gasteiger partial charge in [0.2, 0.25) is 0 Å². The molecule has 0 unspecified atom stereocenters. The van der Waals surface area contributed by atoms with E-state index >= 15 is 0 Å².